The smallest absolute Gasteiger partial charge is 0.251 e. The molecule has 190 valence electrons. The Kier molecular flexibility index (Phi) is 6.99. The molecule has 8 heteroatoms. The molecule has 2 aromatic carbocycles. The van der Waals surface area contributed by atoms with Crippen molar-refractivity contribution in [3.63, 3.8) is 0 Å². The molecule has 2 saturated heterocycles. The molecule has 0 bridgehead atoms. The molecule has 3 heterocycles. The summed E-state index contributed by atoms with van der Waals surface area (Å²) >= 11 is 0. The molecule has 1 aromatic heterocycles. The first-order valence-electron chi connectivity index (χ1n) is 12.8. The van der Waals surface area contributed by atoms with E-state index in [0.29, 0.717) is 31.4 Å². The van der Waals surface area contributed by atoms with Gasteiger partial charge in [0, 0.05) is 24.5 Å². The van der Waals surface area contributed by atoms with Crippen molar-refractivity contribution in [2.24, 2.45) is 0 Å². The summed E-state index contributed by atoms with van der Waals surface area (Å²) in [6.45, 7) is 2.33. The van der Waals surface area contributed by atoms with Gasteiger partial charge in [0.25, 0.3) is 5.91 Å². The van der Waals surface area contributed by atoms with E-state index in [-0.39, 0.29) is 42.5 Å². The number of nitrogens with one attached hydrogen (secondary N) is 1. The lowest BCUT2D eigenvalue weighted by Gasteiger charge is -2.28. The average Bonchev–Trinajstić information content (AvgIpc) is 3.49. The molecule has 0 saturated carbocycles. The molecule has 3 amide bonds. The first-order valence-corrected chi connectivity index (χ1v) is 12.8. The summed E-state index contributed by atoms with van der Waals surface area (Å²) in [4.78, 5) is 59.9. The first kappa shape index (κ1) is 24.6. The highest BCUT2D eigenvalue weighted by atomic mass is 16.2. The molecule has 2 aliphatic heterocycles. The molecule has 5 rings (SSSR count). The Morgan fingerprint density at radius 1 is 1.05 bits per heavy atom. The molecule has 2 aliphatic rings. The third kappa shape index (κ3) is 4.96. The van der Waals surface area contributed by atoms with Gasteiger partial charge in [-0.05, 0) is 47.4 Å². The second-order valence-corrected chi connectivity index (χ2v) is 9.74. The van der Waals surface area contributed by atoms with Crippen LogP contribution in [-0.2, 0) is 20.8 Å². The standard InChI is InChI=1S/C29H30N4O4/c1-2-6-23(31-28(36)22-11-10-20-8-3-4-9-21(20)16-22)29(37)32-14-12-24-27(32)25(34)18-33(24)26(35)15-19-7-5-13-30-17-19/h3-5,7-11,13,16-17,23-24,27H,2,6,12,14-15,18H2,1H3,(H,31,36). The molecular weight excluding hydrogens is 468 g/mol. The van der Waals surface area contributed by atoms with E-state index in [4.69, 9.17) is 0 Å². The first-order chi connectivity index (χ1) is 18.0. The number of hydrogen-bond donors (Lipinski definition) is 1. The fourth-order valence-corrected chi connectivity index (χ4v) is 5.49. The van der Waals surface area contributed by atoms with Crippen molar-refractivity contribution in [2.75, 3.05) is 13.1 Å². The van der Waals surface area contributed by atoms with E-state index < -0.39 is 12.1 Å². The van der Waals surface area contributed by atoms with E-state index in [9.17, 15) is 19.2 Å². The van der Waals surface area contributed by atoms with Crippen molar-refractivity contribution in [2.45, 2.75) is 50.7 Å². The number of aromatic nitrogens is 1. The molecule has 3 atom stereocenters. The number of fused-ring (bicyclic) bond motifs is 2. The van der Waals surface area contributed by atoms with Crippen molar-refractivity contribution in [1.29, 1.82) is 0 Å². The van der Waals surface area contributed by atoms with E-state index >= 15 is 0 Å². The number of carbonyl (C=O) groups is 4. The van der Waals surface area contributed by atoms with E-state index in [1.165, 1.54) is 0 Å². The number of rotatable bonds is 7. The van der Waals surface area contributed by atoms with Crippen molar-refractivity contribution in [1.82, 2.24) is 20.1 Å². The molecule has 0 aliphatic carbocycles. The zero-order valence-electron chi connectivity index (χ0n) is 20.8. The highest BCUT2D eigenvalue weighted by molar-refractivity contribution is 6.02. The van der Waals surface area contributed by atoms with Crippen LogP contribution in [0.25, 0.3) is 10.8 Å². The number of amides is 3. The van der Waals surface area contributed by atoms with Crippen molar-refractivity contribution in [3.8, 4) is 0 Å². The van der Waals surface area contributed by atoms with Crippen LogP contribution in [-0.4, -0.2) is 69.5 Å². The minimum absolute atomic E-state index is 0.000101. The van der Waals surface area contributed by atoms with Gasteiger partial charge in [0.1, 0.15) is 12.1 Å². The second kappa shape index (κ2) is 10.5. The van der Waals surface area contributed by atoms with E-state index in [1.807, 2.05) is 49.4 Å². The van der Waals surface area contributed by atoms with Gasteiger partial charge >= 0.3 is 0 Å². The second-order valence-electron chi connectivity index (χ2n) is 9.74. The Labute approximate surface area is 215 Å². The lowest BCUT2D eigenvalue weighted by atomic mass is 10.0. The van der Waals surface area contributed by atoms with Crippen molar-refractivity contribution >= 4 is 34.3 Å². The zero-order valence-corrected chi connectivity index (χ0v) is 20.8. The summed E-state index contributed by atoms with van der Waals surface area (Å²) in [5.41, 5.74) is 1.27. The largest absolute Gasteiger partial charge is 0.340 e. The number of nitrogens with zero attached hydrogens (tertiary/aromatic N) is 3. The Morgan fingerprint density at radius 2 is 1.86 bits per heavy atom. The van der Waals surface area contributed by atoms with Crippen LogP contribution < -0.4 is 5.32 Å². The third-order valence-electron chi connectivity index (χ3n) is 7.30. The van der Waals surface area contributed by atoms with Gasteiger partial charge in [0.15, 0.2) is 5.78 Å². The summed E-state index contributed by atoms with van der Waals surface area (Å²) in [5, 5.41) is 4.89. The molecule has 1 N–H and O–H groups in total. The summed E-state index contributed by atoms with van der Waals surface area (Å²) in [6, 6.07) is 15.1. The average molecular weight is 499 g/mol. The summed E-state index contributed by atoms with van der Waals surface area (Å²) in [7, 11) is 0. The van der Waals surface area contributed by atoms with Crippen LogP contribution in [0.15, 0.2) is 67.0 Å². The Balaban J connectivity index is 1.29. The SMILES string of the molecule is CCCC(NC(=O)c1ccc2ccccc2c1)C(=O)N1CCC2C1C(=O)CN2C(=O)Cc1cccnc1. The number of likely N-dealkylation sites (tertiary alicyclic amines) is 2. The third-order valence-corrected chi connectivity index (χ3v) is 7.30. The van der Waals surface area contributed by atoms with Crippen LogP contribution in [0.2, 0.25) is 0 Å². The summed E-state index contributed by atoms with van der Waals surface area (Å²) in [5.74, 6) is -0.859. The summed E-state index contributed by atoms with van der Waals surface area (Å²) < 4.78 is 0. The number of ketones is 1. The molecule has 0 radical (unpaired) electrons. The van der Waals surface area contributed by atoms with Crippen molar-refractivity contribution in [3.05, 3.63) is 78.1 Å². The number of carbonyl (C=O) groups excluding carboxylic acids is 4. The topological polar surface area (TPSA) is 99.7 Å². The normalized spacial score (nSPS) is 19.6. The van der Waals surface area contributed by atoms with Crippen LogP contribution in [0, 0.1) is 0 Å². The van der Waals surface area contributed by atoms with Gasteiger partial charge in [-0.2, -0.15) is 0 Å². The van der Waals surface area contributed by atoms with Gasteiger partial charge in [-0.25, -0.2) is 0 Å². The predicted molar refractivity (Wildman–Crippen MR) is 139 cm³/mol. The van der Waals surface area contributed by atoms with Gasteiger partial charge < -0.3 is 15.1 Å². The molecular formula is C29H30N4O4. The summed E-state index contributed by atoms with van der Waals surface area (Å²) in [6.07, 6.45) is 5.15. The van der Waals surface area contributed by atoms with Crippen LogP contribution in [0.1, 0.15) is 42.1 Å². The molecule has 3 aromatic rings. The minimum Gasteiger partial charge on any atom is -0.340 e. The number of benzene rings is 2. The highest BCUT2D eigenvalue weighted by Gasteiger charge is 2.52. The monoisotopic (exact) mass is 498 g/mol. The highest BCUT2D eigenvalue weighted by Crippen LogP contribution is 2.31. The zero-order chi connectivity index (χ0) is 25.9. The van der Waals surface area contributed by atoms with Gasteiger partial charge in [-0.15, -0.1) is 0 Å². The fraction of sp³-hybridized carbons (Fsp3) is 0.345. The van der Waals surface area contributed by atoms with E-state index in [0.717, 1.165) is 16.3 Å². The van der Waals surface area contributed by atoms with Crippen LogP contribution >= 0.6 is 0 Å². The molecule has 0 spiro atoms. The Morgan fingerprint density at radius 3 is 2.62 bits per heavy atom. The van der Waals surface area contributed by atoms with Gasteiger partial charge in [0.05, 0.1) is 19.0 Å². The lowest BCUT2D eigenvalue weighted by Crippen LogP contribution is -2.52. The Hall–Kier alpha value is -4.07. The lowest BCUT2D eigenvalue weighted by molar-refractivity contribution is -0.138. The van der Waals surface area contributed by atoms with E-state index in [1.54, 1.807) is 34.3 Å². The molecule has 8 nitrogen and oxygen atoms in total. The number of Topliss-reactive ketones (excluding diaryl/α,β-unsaturated/α-hetero) is 1. The van der Waals surface area contributed by atoms with Gasteiger partial charge in [-0.1, -0.05) is 49.7 Å². The van der Waals surface area contributed by atoms with Crippen LogP contribution in [0.5, 0.6) is 0 Å². The maximum Gasteiger partial charge on any atom is 0.251 e. The fourth-order valence-electron chi connectivity index (χ4n) is 5.49. The predicted octanol–water partition coefficient (Wildman–Crippen LogP) is 2.76. The van der Waals surface area contributed by atoms with Crippen molar-refractivity contribution < 1.29 is 19.2 Å². The number of pyridine rings is 1. The van der Waals surface area contributed by atoms with E-state index in [2.05, 4.69) is 10.3 Å². The molecule has 3 unspecified atom stereocenters. The minimum atomic E-state index is -0.740. The maximum absolute atomic E-state index is 13.6. The quantitative estimate of drug-likeness (QED) is 0.540. The molecule has 37 heavy (non-hydrogen) atoms. The van der Waals surface area contributed by atoms with Gasteiger partial charge in [0.2, 0.25) is 11.8 Å². The molecule has 2 fully saturated rings. The number of hydrogen-bond acceptors (Lipinski definition) is 5. The maximum atomic E-state index is 13.6. The Bertz CT molecular complexity index is 1340. The van der Waals surface area contributed by atoms with Gasteiger partial charge in [-0.3, -0.25) is 24.2 Å². The van der Waals surface area contributed by atoms with Crippen LogP contribution in [0.3, 0.4) is 0 Å². The van der Waals surface area contributed by atoms with Crippen LogP contribution in [0.4, 0.5) is 0 Å².